The van der Waals surface area contributed by atoms with Gasteiger partial charge in [0.15, 0.2) is 0 Å². The van der Waals surface area contributed by atoms with Gasteiger partial charge in [-0.05, 0) is 18.6 Å². The third-order valence-corrected chi connectivity index (χ3v) is 2.86. The van der Waals surface area contributed by atoms with Gasteiger partial charge >= 0.3 is 5.97 Å². The van der Waals surface area contributed by atoms with Crippen LogP contribution in [0.1, 0.15) is 15.9 Å². The SMILES string of the molecule is COC(=O)c1c[nH]c2c(C)c(Cl)ccc12. The van der Waals surface area contributed by atoms with Crippen LogP contribution in [0, 0.1) is 6.92 Å². The van der Waals surface area contributed by atoms with E-state index < -0.39 is 0 Å². The van der Waals surface area contributed by atoms with Gasteiger partial charge in [0.25, 0.3) is 0 Å². The number of ether oxygens (including phenoxy) is 1. The molecular formula is C11H10ClNO2. The highest BCUT2D eigenvalue weighted by Gasteiger charge is 2.13. The number of halogens is 1. The number of aryl methyl sites for hydroxylation is 1. The molecule has 0 atom stereocenters. The van der Waals surface area contributed by atoms with Crippen LogP contribution in [0.5, 0.6) is 0 Å². The molecule has 78 valence electrons. The van der Waals surface area contributed by atoms with Crippen molar-refractivity contribution < 1.29 is 9.53 Å². The highest BCUT2D eigenvalue weighted by atomic mass is 35.5. The van der Waals surface area contributed by atoms with Crippen LogP contribution in [0.2, 0.25) is 5.02 Å². The van der Waals surface area contributed by atoms with Crippen molar-refractivity contribution in [1.29, 1.82) is 0 Å². The summed E-state index contributed by atoms with van der Waals surface area (Å²) >= 11 is 5.97. The van der Waals surface area contributed by atoms with Crippen LogP contribution < -0.4 is 0 Å². The van der Waals surface area contributed by atoms with Gasteiger partial charge in [0.05, 0.1) is 18.2 Å². The molecule has 2 rings (SSSR count). The van der Waals surface area contributed by atoms with E-state index in [2.05, 4.69) is 9.72 Å². The smallest absolute Gasteiger partial charge is 0.340 e. The Morgan fingerprint density at radius 1 is 1.47 bits per heavy atom. The first kappa shape index (κ1) is 10.1. The zero-order valence-corrected chi connectivity index (χ0v) is 9.18. The van der Waals surface area contributed by atoms with E-state index in [4.69, 9.17) is 11.6 Å². The number of benzene rings is 1. The average Bonchev–Trinajstić information content (AvgIpc) is 2.66. The molecule has 0 spiro atoms. The molecule has 1 aromatic heterocycles. The second kappa shape index (κ2) is 3.59. The van der Waals surface area contributed by atoms with Crippen LogP contribution in [-0.2, 0) is 4.74 Å². The molecule has 0 radical (unpaired) electrons. The molecule has 0 amide bonds. The molecule has 0 saturated heterocycles. The summed E-state index contributed by atoms with van der Waals surface area (Å²) in [5.41, 5.74) is 2.35. The summed E-state index contributed by atoms with van der Waals surface area (Å²) in [6.45, 7) is 1.90. The quantitative estimate of drug-likeness (QED) is 0.756. The average molecular weight is 224 g/mol. The summed E-state index contributed by atoms with van der Waals surface area (Å²) in [6, 6.07) is 3.59. The Bertz CT molecular complexity index is 531. The van der Waals surface area contributed by atoms with Gasteiger partial charge in [0, 0.05) is 16.6 Å². The molecule has 0 saturated carbocycles. The van der Waals surface area contributed by atoms with Crippen molar-refractivity contribution in [3.8, 4) is 0 Å². The second-order valence-electron chi connectivity index (χ2n) is 3.29. The second-order valence-corrected chi connectivity index (χ2v) is 3.70. The van der Waals surface area contributed by atoms with E-state index >= 15 is 0 Å². The fourth-order valence-corrected chi connectivity index (χ4v) is 1.76. The van der Waals surface area contributed by atoms with Crippen molar-refractivity contribution in [3.05, 3.63) is 34.5 Å². The summed E-state index contributed by atoms with van der Waals surface area (Å²) < 4.78 is 4.68. The van der Waals surface area contributed by atoms with Crippen molar-refractivity contribution >= 4 is 28.5 Å². The zero-order chi connectivity index (χ0) is 11.0. The van der Waals surface area contributed by atoms with Gasteiger partial charge < -0.3 is 9.72 Å². The Balaban J connectivity index is 2.72. The van der Waals surface area contributed by atoms with Crippen LogP contribution in [0.3, 0.4) is 0 Å². The van der Waals surface area contributed by atoms with Crippen LogP contribution >= 0.6 is 11.6 Å². The van der Waals surface area contributed by atoms with Crippen molar-refractivity contribution in [3.63, 3.8) is 0 Å². The fourth-order valence-electron chi connectivity index (χ4n) is 1.60. The standard InChI is InChI=1S/C11H10ClNO2/c1-6-9(12)4-3-7-8(11(14)15-2)5-13-10(6)7/h3-5,13H,1-2H3. The van der Waals surface area contributed by atoms with Crippen LogP contribution in [0.4, 0.5) is 0 Å². The number of methoxy groups -OCH3 is 1. The van der Waals surface area contributed by atoms with E-state index in [0.717, 1.165) is 16.5 Å². The molecule has 0 aliphatic heterocycles. The van der Waals surface area contributed by atoms with E-state index in [1.807, 2.05) is 13.0 Å². The highest BCUT2D eigenvalue weighted by molar-refractivity contribution is 6.32. The number of hydrogen-bond donors (Lipinski definition) is 1. The van der Waals surface area contributed by atoms with Gasteiger partial charge in [-0.1, -0.05) is 17.7 Å². The monoisotopic (exact) mass is 223 g/mol. The Kier molecular flexibility index (Phi) is 2.40. The van der Waals surface area contributed by atoms with Crippen molar-refractivity contribution in [1.82, 2.24) is 4.98 Å². The maximum absolute atomic E-state index is 11.4. The molecule has 0 aliphatic rings. The van der Waals surface area contributed by atoms with Crippen LogP contribution in [0.25, 0.3) is 10.9 Å². The lowest BCUT2D eigenvalue weighted by Gasteiger charge is -2.00. The van der Waals surface area contributed by atoms with Gasteiger partial charge in [-0.25, -0.2) is 4.79 Å². The van der Waals surface area contributed by atoms with Gasteiger partial charge in [-0.15, -0.1) is 0 Å². The number of H-pyrrole nitrogens is 1. The predicted octanol–water partition coefficient (Wildman–Crippen LogP) is 2.92. The first-order valence-electron chi connectivity index (χ1n) is 4.49. The molecule has 2 aromatic rings. The summed E-state index contributed by atoms with van der Waals surface area (Å²) in [7, 11) is 1.37. The minimum atomic E-state index is -0.344. The van der Waals surface area contributed by atoms with Gasteiger partial charge in [0.2, 0.25) is 0 Å². The van der Waals surface area contributed by atoms with Crippen molar-refractivity contribution in [2.75, 3.05) is 7.11 Å². The van der Waals surface area contributed by atoms with E-state index in [0.29, 0.717) is 10.6 Å². The Labute approximate surface area is 92.0 Å². The normalized spacial score (nSPS) is 10.6. The molecule has 0 unspecified atom stereocenters. The number of rotatable bonds is 1. The first-order chi connectivity index (χ1) is 7.15. The third-order valence-electron chi connectivity index (χ3n) is 2.46. The molecule has 15 heavy (non-hydrogen) atoms. The molecule has 3 nitrogen and oxygen atoms in total. The topological polar surface area (TPSA) is 42.1 Å². The predicted molar refractivity (Wildman–Crippen MR) is 59.4 cm³/mol. The molecule has 1 N–H and O–H groups in total. The highest BCUT2D eigenvalue weighted by Crippen LogP contribution is 2.27. The largest absolute Gasteiger partial charge is 0.465 e. The minimum absolute atomic E-state index is 0.344. The molecule has 4 heteroatoms. The fraction of sp³-hybridized carbons (Fsp3) is 0.182. The summed E-state index contributed by atoms with van der Waals surface area (Å²) in [6.07, 6.45) is 1.64. The molecule has 0 fully saturated rings. The third kappa shape index (κ3) is 1.49. The number of hydrogen-bond acceptors (Lipinski definition) is 2. The number of fused-ring (bicyclic) bond motifs is 1. The lowest BCUT2D eigenvalue weighted by molar-refractivity contribution is 0.0603. The van der Waals surface area contributed by atoms with Gasteiger partial charge in [0.1, 0.15) is 0 Å². The van der Waals surface area contributed by atoms with Crippen LogP contribution in [0.15, 0.2) is 18.3 Å². The maximum atomic E-state index is 11.4. The van der Waals surface area contributed by atoms with E-state index in [1.165, 1.54) is 7.11 Å². The Morgan fingerprint density at radius 3 is 2.87 bits per heavy atom. The van der Waals surface area contributed by atoms with Crippen LogP contribution in [-0.4, -0.2) is 18.1 Å². The minimum Gasteiger partial charge on any atom is -0.465 e. The molecular weight excluding hydrogens is 214 g/mol. The lowest BCUT2D eigenvalue weighted by Crippen LogP contribution is -1.99. The Morgan fingerprint density at radius 2 is 2.20 bits per heavy atom. The number of aromatic nitrogens is 1. The Hall–Kier alpha value is -1.48. The number of nitrogens with one attached hydrogen (secondary N) is 1. The van der Waals surface area contributed by atoms with Gasteiger partial charge in [-0.2, -0.15) is 0 Å². The molecule has 0 aliphatic carbocycles. The first-order valence-corrected chi connectivity index (χ1v) is 4.87. The summed E-state index contributed by atoms with van der Waals surface area (Å²) in [4.78, 5) is 14.4. The number of carbonyl (C=O) groups is 1. The van der Waals surface area contributed by atoms with E-state index in [-0.39, 0.29) is 5.97 Å². The van der Waals surface area contributed by atoms with Gasteiger partial charge in [-0.3, -0.25) is 0 Å². The lowest BCUT2D eigenvalue weighted by atomic mass is 10.1. The number of esters is 1. The molecule has 1 heterocycles. The van der Waals surface area contributed by atoms with Crippen molar-refractivity contribution in [2.24, 2.45) is 0 Å². The van der Waals surface area contributed by atoms with E-state index in [9.17, 15) is 4.79 Å². The molecule has 1 aromatic carbocycles. The van der Waals surface area contributed by atoms with Crippen molar-refractivity contribution in [2.45, 2.75) is 6.92 Å². The zero-order valence-electron chi connectivity index (χ0n) is 8.43. The summed E-state index contributed by atoms with van der Waals surface area (Å²) in [5.74, 6) is -0.344. The van der Waals surface area contributed by atoms with E-state index in [1.54, 1.807) is 12.3 Å². The maximum Gasteiger partial charge on any atom is 0.340 e. The number of aromatic amines is 1. The molecule has 0 bridgehead atoms. The number of carbonyl (C=O) groups excluding carboxylic acids is 1. The summed E-state index contributed by atoms with van der Waals surface area (Å²) in [5, 5.41) is 1.52.